The fourth-order valence-corrected chi connectivity index (χ4v) is 7.23. The molecule has 0 unspecified atom stereocenters. The molecule has 0 radical (unpaired) electrons. The van der Waals surface area contributed by atoms with E-state index < -0.39 is 40.6 Å². The fourth-order valence-electron chi connectivity index (χ4n) is 7.08. The number of anilines is 1. The van der Waals surface area contributed by atoms with Gasteiger partial charge in [-0.15, -0.1) is 0 Å². The average molecular weight is 585 g/mol. The molecule has 2 aromatic carbocycles. The minimum atomic E-state index is -1.43. The number of piperidine rings is 1. The van der Waals surface area contributed by atoms with Crippen molar-refractivity contribution in [2.24, 2.45) is 5.41 Å². The molecule has 2 aromatic rings. The molecule has 12 heteroatoms. The van der Waals surface area contributed by atoms with E-state index in [1.807, 2.05) is 30.3 Å². The van der Waals surface area contributed by atoms with Crippen molar-refractivity contribution in [1.82, 2.24) is 15.1 Å². The topological polar surface area (TPSA) is 128 Å². The second-order valence-electron chi connectivity index (χ2n) is 11.7. The number of likely N-dealkylation sites (tertiary alicyclic amines) is 1. The number of carboxylic acid groups (broad SMARTS) is 1. The van der Waals surface area contributed by atoms with E-state index >= 15 is 4.39 Å². The molecule has 1 spiro atoms. The van der Waals surface area contributed by atoms with E-state index in [1.165, 1.54) is 29.0 Å². The highest BCUT2D eigenvalue weighted by Crippen LogP contribution is 2.69. The summed E-state index contributed by atoms with van der Waals surface area (Å²) in [6, 6.07) is 11.2. The maximum absolute atomic E-state index is 15.3. The van der Waals surface area contributed by atoms with Gasteiger partial charge in [-0.1, -0.05) is 41.9 Å². The zero-order chi connectivity index (χ0) is 29.2. The monoisotopic (exact) mass is 584 g/mol. The van der Waals surface area contributed by atoms with Crippen LogP contribution in [0.5, 0.6) is 0 Å². The third-order valence-electron chi connectivity index (χ3n) is 9.21. The van der Waals surface area contributed by atoms with Gasteiger partial charge in [0, 0.05) is 25.6 Å². The molecule has 10 nitrogen and oxygen atoms in total. The molecule has 2 aliphatic heterocycles. The highest BCUT2D eigenvalue weighted by atomic mass is 35.5. The number of carbonyl (C=O) groups excluding carboxylic acids is 3. The number of carbonyl (C=O) groups is 4. The number of fused-ring (bicyclic) bond motifs is 2. The minimum absolute atomic E-state index is 0.0949. The Bertz CT molecular complexity index is 1430. The van der Waals surface area contributed by atoms with Crippen molar-refractivity contribution in [3.63, 3.8) is 0 Å². The van der Waals surface area contributed by atoms with Gasteiger partial charge in [0.1, 0.15) is 6.04 Å². The van der Waals surface area contributed by atoms with Gasteiger partial charge in [0.25, 0.3) is 0 Å². The molecule has 2 atom stereocenters. The van der Waals surface area contributed by atoms with E-state index in [2.05, 4.69) is 10.6 Å². The molecule has 3 aliphatic carbocycles. The molecule has 1 saturated heterocycles. The summed E-state index contributed by atoms with van der Waals surface area (Å²) in [6.45, 7) is 0.240. The molecule has 3 saturated carbocycles. The molecule has 2 heterocycles. The summed E-state index contributed by atoms with van der Waals surface area (Å²) >= 11 is 6.09. The third kappa shape index (κ3) is 4.37. The Kier molecular flexibility index (Phi) is 6.40. The molecule has 4 amide bonds. The SMILES string of the molecule is CN(C(=O)O)C12CC(C(=O)N[C@@H](Cc3ccccc3)C(=O)N3CCC[C@@]4(C3)OC(=O)Nc3ccc(Cl)c(F)c34)(C1)C2. The van der Waals surface area contributed by atoms with Crippen LogP contribution in [0.2, 0.25) is 5.02 Å². The van der Waals surface area contributed by atoms with Gasteiger partial charge in [-0.3, -0.25) is 14.9 Å². The van der Waals surface area contributed by atoms with E-state index in [4.69, 9.17) is 16.3 Å². The second-order valence-corrected chi connectivity index (χ2v) is 12.2. The smallest absolute Gasteiger partial charge is 0.412 e. The van der Waals surface area contributed by atoms with Gasteiger partial charge < -0.3 is 25.0 Å². The van der Waals surface area contributed by atoms with Crippen LogP contribution < -0.4 is 10.6 Å². The van der Waals surface area contributed by atoms with Crippen molar-refractivity contribution < 1.29 is 33.4 Å². The maximum Gasteiger partial charge on any atom is 0.412 e. The van der Waals surface area contributed by atoms with Crippen molar-refractivity contribution in [3.05, 3.63) is 64.4 Å². The first-order valence-electron chi connectivity index (χ1n) is 13.6. The van der Waals surface area contributed by atoms with Crippen molar-refractivity contribution in [1.29, 1.82) is 0 Å². The first-order valence-corrected chi connectivity index (χ1v) is 13.9. The molecule has 2 bridgehead atoms. The van der Waals surface area contributed by atoms with Crippen LogP contribution in [0.3, 0.4) is 0 Å². The summed E-state index contributed by atoms with van der Waals surface area (Å²) in [4.78, 5) is 54.3. The molecular formula is C29H30ClFN4O6. The predicted octanol–water partition coefficient (Wildman–Crippen LogP) is 4.12. The first kappa shape index (κ1) is 27.3. The van der Waals surface area contributed by atoms with Crippen LogP contribution in [0.15, 0.2) is 42.5 Å². The fraction of sp³-hybridized carbons (Fsp3) is 0.448. The summed E-state index contributed by atoms with van der Waals surface area (Å²) in [5.74, 6) is -1.36. The van der Waals surface area contributed by atoms with Crippen LogP contribution in [0.1, 0.15) is 43.2 Å². The Balaban J connectivity index is 1.25. The van der Waals surface area contributed by atoms with Gasteiger partial charge >= 0.3 is 12.2 Å². The molecule has 0 aromatic heterocycles. The Morgan fingerprint density at radius 2 is 1.90 bits per heavy atom. The summed E-state index contributed by atoms with van der Waals surface area (Å²) in [6.07, 6.45) is 0.411. The molecule has 7 rings (SSSR count). The van der Waals surface area contributed by atoms with E-state index in [1.54, 1.807) is 0 Å². The Hall–Kier alpha value is -3.86. The lowest BCUT2D eigenvalue weighted by atomic mass is 9.38. The van der Waals surface area contributed by atoms with Crippen LogP contribution in [-0.2, 0) is 26.3 Å². The lowest BCUT2D eigenvalue weighted by molar-refractivity contribution is -0.206. The number of nitrogens with one attached hydrogen (secondary N) is 2. The molecule has 5 aliphatic rings. The van der Waals surface area contributed by atoms with Gasteiger partial charge in [0.05, 0.1) is 28.2 Å². The van der Waals surface area contributed by atoms with Crippen molar-refractivity contribution >= 4 is 41.3 Å². The molecule has 216 valence electrons. The van der Waals surface area contributed by atoms with Crippen LogP contribution in [-0.4, -0.2) is 70.6 Å². The number of rotatable bonds is 6. The molecular weight excluding hydrogens is 555 g/mol. The number of ether oxygens (including phenoxy) is 1. The minimum Gasteiger partial charge on any atom is -0.465 e. The number of benzene rings is 2. The summed E-state index contributed by atoms with van der Waals surface area (Å²) in [5, 5.41) is 14.7. The highest BCUT2D eigenvalue weighted by Gasteiger charge is 2.74. The number of halogens is 2. The van der Waals surface area contributed by atoms with Crippen molar-refractivity contribution in [3.8, 4) is 0 Å². The highest BCUT2D eigenvalue weighted by molar-refractivity contribution is 6.31. The predicted molar refractivity (Wildman–Crippen MR) is 146 cm³/mol. The Labute approximate surface area is 240 Å². The van der Waals surface area contributed by atoms with Gasteiger partial charge in [0.2, 0.25) is 11.8 Å². The Morgan fingerprint density at radius 3 is 2.59 bits per heavy atom. The number of nitrogens with zero attached hydrogens (tertiary/aromatic N) is 2. The van der Waals surface area contributed by atoms with Crippen LogP contribution in [0.25, 0.3) is 0 Å². The van der Waals surface area contributed by atoms with E-state index in [9.17, 15) is 24.3 Å². The van der Waals surface area contributed by atoms with Gasteiger partial charge in [-0.25, -0.2) is 14.0 Å². The summed E-state index contributed by atoms with van der Waals surface area (Å²) in [5.41, 5.74) is -1.47. The lowest BCUT2D eigenvalue weighted by Crippen LogP contribution is -2.78. The summed E-state index contributed by atoms with van der Waals surface area (Å²) < 4.78 is 21.0. The number of hydrogen-bond acceptors (Lipinski definition) is 5. The lowest BCUT2D eigenvalue weighted by Gasteiger charge is -2.71. The van der Waals surface area contributed by atoms with Gasteiger partial charge in [-0.2, -0.15) is 0 Å². The number of amides is 4. The van der Waals surface area contributed by atoms with Gasteiger partial charge in [0.15, 0.2) is 11.4 Å². The normalized spacial score (nSPS) is 28.3. The first-order chi connectivity index (χ1) is 19.5. The molecule has 4 fully saturated rings. The van der Waals surface area contributed by atoms with Crippen molar-refractivity contribution in [2.45, 2.75) is 55.7 Å². The van der Waals surface area contributed by atoms with Crippen LogP contribution >= 0.6 is 11.6 Å². The van der Waals surface area contributed by atoms with E-state index in [0.29, 0.717) is 38.6 Å². The third-order valence-corrected chi connectivity index (χ3v) is 9.50. The Morgan fingerprint density at radius 1 is 1.20 bits per heavy atom. The second kappa shape index (κ2) is 9.61. The van der Waals surface area contributed by atoms with Crippen LogP contribution in [0, 0.1) is 11.2 Å². The maximum atomic E-state index is 15.3. The quantitative estimate of drug-likeness (QED) is 0.469. The summed E-state index contributed by atoms with van der Waals surface area (Å²) in [7, 11) is 1.51. The van der Waals surface area contributed by atoms with E-state index in [-0.39, 0.29) is 41.1 Å². The van der Waals surface area contributed by atoms with Gasteiger partial charge in [-0.05, 0) is 49.8 Å². The molecule has 41 heavy (non-hydrogen) atoms. The standard InChI is InChI=1S/C29H30ClFN4O6/c1-34(26(39)40)28-13-27(14-28,15-28)24(37)32-20(12-17-6-3-2-4-7-17)23(36)35-11-5-10-29(16-35)21-19(33-25(38)41-29)9-8-18(30)22(21)31/h2-4,6-9,20H,5,10-16H2,1H3,(H,32,37)(H,33,38)(H,39,40)/t20-,27?,28?,29-/m0/s1. The van der Waals surface area contributed by atoms with Crippen LogP contribution in [0.4, 0.5) is 19.7 Å². The largest absolute Gasteiger partial charge is 0.465 e. The zero-order valence-corrected chi connectivity index (χ0v) is 23.2. The average Bonchev–Trinajstić information content (AvgIpc) is 2.88. The van der Waals surface area contributed by atoms with E-state index in [0.717, 1.165) is 5.56 Å². The zero-order valence-electron chi connectivity index (χ0n) is 22.4. The molecule has 3 N–H and O–H groups in total. The van der Waals surface area contributed by atoms with Crippen molar-refractivity contribution in [2.75, 3.05) is 25.5 Å². The number of hydrogen-bond donors (Lipinski definition) is 3.